The van der Waals surface area contributed by atoms with Crippen LogP contribution >= 0.6 is 15.9 Å². The van der Waals surface area contributed by atoms with Crippen LogP contribution in [0.25, 0.3) is 0 Å². The van der Waals surface area contributed by atoms with Crippen LogP contribution in [-0.2, 0) is 5.41 Å². The Morgan fingerprint density at radius 2 is 1.67 bits per heavy atom. The van der Waals surface area contributed by atoms with Crippen molar-refractivity contribution in [1.82, 2.24) is 0 Å². The minimum atomic E-state index is 0.474. The van der Waals surface area contributed by atoms with Crippen molar-refractivity contribution < 1.29 is 0 Å². The zero-order valence-corrected chi connectivity index (χ0v) is 15.3. The topological polar surface area (TPSA) is 0 Å². The molecule has 1 saturated carbocycles. The fraction of sp³-hybridized carbons (Fsp3) is 0.500. The van der Waals surface area contributed by atoms with Crippen molar-refractivity contribution in [2.45, 2.75) is 64.7 Å². The first-order valence-electron chi connectivity index (χ1n) is 8.18. The van der Waals surface area contributed by atoms with Gasteiger partial charge in [0.25, 0.3) is 0 Å². The molecule has 1 aliphatic carbocycles. The van der Waals surface area contributed by atoms with Gasteiger partial charge in [-0.2, -0.15) is 0 Å². The highest BCUT2D eigenvalue weighted by molar-refractivity contribution is 9.10. The summed E-state index contributed by atoms with van der Waals surface area (Å²) in [6.45, 7) is 6.34. The Hall–Kier alpha value is -0.820. The third-order valence-electron chi connectivity index (χ3n) is 4.42. The Kier molecular flexibility index (Phi) is 8.68. The molecule has 1 aromatic rings. The molecule has 0 radical (unpaired) electrons. The summed E-state index contributed by atoms with van der Waals surface area (Å²) in [5, 5.41) is 0. The summed E-state index contributed by atoms with van der Waals surface area (Å²) in [5.74, 6) is 0. The van der Waals surface area contributed by atoms with Gasteiger partial charge >= 0.3 is 0 Å². The number of rotatable bonds is 3. The highest BCUT2D eigenvalue weighted by Gasteiger charge is 2.31. The van der Waals surface area contributed by atoms with Gasteiger partial charge in [-0.15, -0.1) is 0 Å². The van der Waals surface area contributed by atoms with Crippen LogP contribution in [0.15, 0.2) is 53.0 Å². The largest absolute Gasteiger partial charge is 0.0877 e. The fourth-order valence-corrected chi connectivity index (χ4v) is 3.51. The van der Waals surface area contributed by atoms with Crippen LogP contribution in [0.5, 0.6) is 0 Å². The van der Waals surface area contributed by atoms with E-state index < -0.39 is 0 Å². The molecule has 0 aromatic heterocycles. The van der Waals surface area contributed by atoms with E-state index >= 15 is 0 Å². The first-order chi connectivity index (χ1) is 10.2. The second kappa shape index (κ2) is 10.00. The molecule has 1 aliphatic rings. The average Bonchev–Trinajstić information content (AvgIpc) is 2.54. The quantitative estimate of drug-likeness (QED) is 0.506. The Bertz CT molecular complexity index is 441. The molecule has 0 amide bonds. The molecule has 1 aromatic carbocycles. The predicted molar refractivity (Wildman–Crippen MR) is 98.8 cm³/mol. The summed E-state index contributed by atoms with van der Waals surface area (Å²) in [4.78, 5) is 0. The molecule has 0 atom stereocenters. The second-order valence-corrected chi connectivity index (χ2v) is 6.67. The molecule has 0 heterocycles. The number of halogens is 1. The number of benzene rings is 1. The molecule has 0 unspecified atom stereocenters. The average molecular weight is 349 g/mol. The van der Waals surface area contributed by atoms with E-state index in [4.69, 9.17) is 0 Å². The molecule has 0 spiro atoms. The van der Waals surface area contributed by atoms with Gasteiger partial charge in [-0.1, -0.05) is 78.6 Å². The van der Waals surface area contributed by atoms with Gasteiger partial charge in [0, 0.05) is 4.47 Å². The van der Waals surface area contributed by atoms with Gasteiger partial charge in [0.05, 0.1) is 0 Å². The highest BCUT2D eigenvalue weighted by Crippen LogP contribution is 2.42. The normalized spacial score (nSPS) is 17.7. The van der Waals surface area contributed by atoms with Gasteiger partial charge in [-0.05, 0) is 56.2 Å². The first kappa shape index (κ1) is 18.2. The maximum Gasteiger partial charge on any atom is 0.0178 e. The van der Waals surface area contributed by atoms with Crippen LogP contribution < -0.4 is 0 Å². The van der Waals surface area contributed by atoms with Gasteiger partial charge in [-0.25, -0.2) is 0 Å². The van der Waals surface area contributed by atoms with Gasteiger partial charge in [0.1, 0.15) is 0 Å². The van der Waals surface area contributed by atoms with Gasteiger partial charge in [-0.3, -0.25) is 0 Å². The van der Waals surface area contributed by atoms with Crippen molar-refractivity contribution in [2.75, 3.05) is 0 Å². The summed E-state index contributed by atoms with van der Waals surface area (Å²) in [5.41, 5.74) is 2.02. The lowest BCUT2D eigenvalue weighted by atomic mass is 9.68. The third kappa shape index (κ3) is 5.82. The lowest BCUT2D eigenvalue weighted by molar-refractivity contribution is 0.283. The van der Waals surface area contributed by atoms with E-state index in [9.17, 15) is 0 Å². The summed E-state index contributed by atoms with van der Waals surface area (Å²) in [6.07, 6.45) is 16.3. The summed E-state index contributed by atoms with van der Waals surface area (Å²) < 4.78 is 1.22. The Labute approximate surface area is 139 Å². The van der Waals surface area contributed by atoms with Crippen molar-refractivity contribution in [3.05, 3.63) is 58.6 Å². The van der Waals surface area contributed by atoms with E-state index in [0.717, 1.165) is 0 Å². The molecule has 0 bridgehead atoms. The van der Waals surface area contributed by atoms with Crippen LogP contribution in [0.3, 0.4) is 0 Å². The molecule has 1 fully saturated rings. The molecular formula is C20H29Br. The van der Waals surface area contributed by atoms with Crippen LogP contribution in [0.2, 0.25) is 0 Å². The van der Waals surface area contributed by atoms with Crippen LogP contribution in [0.1, 0.15) is 64.9 Å². The molecule has 0 aliphatic heterocycles. The fourth-order valence-electron chi connectivity index (χ4n) is 3.12. The van der Waals surface area contributed by atoms with E-state index in [0.29, 0.717) is 5.41 Å². The van der Waals surface area contributed by atoms with E-state index in [1.165, 1.54) is 43.0 Å². The van der Waals surface area contributed by atoms with Crippen molar-refractivity contribution in [3.63, 3.8) is 0 Å². The van der Waals surface area contributed by atoms with E-state index in [1.807, 2.05) is 38.2 Å². The maximum atomic E-state index is 3.58. The number of allylic oxidation sites excluding steroid dienone is 4. The monoisotopic (exact) mass is 348 g/mol. The minimum Gasteiger partial charge on any atom is -0.0877 e. The van der Waals surface area contributed by atoms with Crippen molar-refractivity contribution in [3.8, 4) is 0 Å². The summed E-state index contributed by atoms with van der Waals surface area (Å²) in [7, 11) is 0. The first-order valence-corrected chi connectivity index (χ1v) is 8.98. The molecule has 2 rings (SSSR count). The van der Waals surface area contributed by atoms with E-state index in [1.54, 1.807) is 5.56 Å². The second-order valence-electron chi connectivity index (χ2n) is 5.76. The van der Waals surface area contributed by atoms with Gasteiger partial charge < -0.3 is 0 Å². The van der Waals surface area contributed by atoms with Gasteiger partial charge in [0.15, 0.2) is 0 Å². The SMILES string of the molecule is C/C=C\C=C/C.CCC1(c2cccc(Br)c2)CCCCC1. The minimum absolute atomic E-state index is 0.474. The highest BCUT2D eigenvalue weighted by atomic mass is 79.9. The zero-order chi connectivity index (χ0) is 15.6. The van der Waals surface area contributed by atoms with E-state index in [2.05, 4.69) is 47.1 Å². The standard InChI is InChI=1S/C14H19Br.C6H10/c1-2-14(9-4-3-5-10-14)12-7-6-8-13(15)11-12;1-3-5-6-4-2/h6-8,11H,2-5,9-10H2,1H3;3-6H,1-2H3/b;5-3-,6-4-. The van der Waals surface area contributed by atoms with Crippen molar-refractivity contribution in [1.29, 1.82) is 0 Å². The summed E-state index contributed by atoms with van der Waals surface area (Å²) in [6, 6.07) is 8.91. The van der Waals surface area contributed by atoms with Crippen molar-refractivity contribution >= 4 is 15.9 Å². The molecule has 116 valence electrons. The number of hydrogen-bond donors (Lipinski definition) is 0. The molecule has 21 heavy (non-hydrogen) atoms. The van der Waals surface area contributed by atoms with Crippen molar-refractivity contribution in [2.24, 2.45) is 0 Å². The molecule has 0 saturated heterocycles. The smallest absolute Gasteiger partial charge is 0.0178 e. The Morgan fingerprint density at radius 1 is 1.05 bits per heavy atom. The zero-order valence-electron chi connectivity index (χ0n) is 13.7. The van der Waals surface area contributed by atoms with Crippen LogP contribution in [-0.4, -0.2) is 0 Å². The van der Waals surface area contributed by atoms with Gasteiger partial charge in [0.2, 0.25) is 0 Å². The third-order valence-corrected chi connectivity index (χ3v) is 4.91. The number of hydrogen-bond acceptors (Lipinski definition) is 0. The Morgan fingerprint density at radius 3 is 2.14 bits per heavy atom. The molecule has 1 heteroatoms. The van der Waals surface area contributed by atoms with E-state index in [-0.39, 0.29) is 0 Å². The Balaban J connectivity index is 0.000000315. The molecule has 0 N–H and O–H groups in total. The molecule has 0 nitrogen and oxygen atoms in total. The predicted octanol–water partition coefficient (Wildman–Crippen LogP) is 7.20. The molecular weight excluding hydrogens is 320 g/mol. The lowest BCUT2D eigenvalue weighted by Crippen LogP contribution is -2.28. The summed E-state index contributed by atoms with van der Waals surface area (Å²) >= 11 is 3.58. The maximum absolute atomic E-state index is 3.58. The lowest BCUT2D eigenvalue weighted by Gasteiger charge is -2.37. The van der Waals surface area contributed by atoms with Crippen LogP contribution in [0, 0.1) is 0 Å². The van der Waals surface area contributed by atoms with Crippen LogP contribution in [0.4, 0.5) is 0 Å².